The van der Waals surface area contributed by atoms with E-state index in [1.165, 1.54) is 36.9 Å². The minimum absolute atomic E-state index is 0.753. The van der Waals surface area contributed by atoms with E-state index in [4.69, 9.17) is 0 Å². The Morgan fingerprint density at radius 2 is 2.00 bits per heavy atom. The zero-order valence-corrected chi connectivity index (χ0v) is 13.1. The molecule has 1 aromatic rings. The molecular formula is C16H28N4. The van der Waals surface area contributed by atoms with E-state index in [2.05, 4.69) is 35.4 Å². The Bertz CT molecular complexity index is 441. The Labute approximate surface area is 122 Å². The smallest absolute Gasteiger partial charge is 0.0666 e. The first kappa shape index (κ1) is 14.1. The molecule has 20 heavy (non-hydrogen) atoms. The van der Waals surface area contributed by atoms with Crippen molar-refractivity contribution in [2.45, 2.75) is 70.6 Å². The van der Waals surface area contributed by atoms with Crippen LogP contribution >= 0.6 is 0 Å². The quantitative estimate of drug-likeness (QED) is 0.894. The lowest BCUT2D eigenvalue weighted by Gasteiger charge is -2.37. The molecule has 3 heterocycles. The number of aryl methyl sites for hydroxylation is 2. The van der Waals surface area contributed by atoms with E-state index in [0.29, 0.717) is 0 Å². The van der Waals surface area contributed by atoms with Gasteiger partial charge in [-0.3, -0.25) is 9.58 Å². The molecule has 2 aliphatic heterocycles. The zero-order valence-electron chi connectivity index (χ0n) is 13.1. The van der Waals surface area contributed by atoms with Crippen molar-refractivity contribution in [3.8, 4) is 0 Å². The lowest BCUT2D eigenvalue weighted by atomic mass is 9.97. The van der Waals surface area contributed by atoms with Crippen LogP contribution in [-0.4, -0.2) is 39.4 Å². The monoisotopic (exact) mass is 276 g/mol. The molecule has 2 atom stereocenters. The van der Waals surface area contributed by atoms with Gasteiger partial charge in [-0.05, 0) is 38.6 Å². The molecule has 0 radical (unpaired) electrons. The van der Waals surface area contributed by atoms with Gasteiger partial charge in [-0.2, -0.15) is 5.10 Å². The topological polar surface area (TPSA) is 33.1 Å². The fourth-order valence-electron chi connectivity index (χ4n) is 4.06. The highest BCUT2D eigenvalue weighted by Gasteiger charge is 2.35. The van der Waals surface area contributed by atoms with Gasteiger partial charge in [0.25, 0.3) is 0 Å². The van der Waals surface area contributed by atoms with Crippen molar-refractivity contribution in [2.24, 2.45) is 7.05 Å². The maximum atomic E-state index is 4.58. The fourth-order valence-corrected chi connectivity index (χ4v) is 4.06. The number of hydrogen-bond acceptors (Lipinski definition) is 3. The molecule has 2 bridgehead atoms. The summed E-state index contributed by atoms with van der Waals surface area (Å²) < 4.78 is 1.97. The van der Waals surface area contributed by atoms with Crippen LogP contribution in [-0.2, 0) is 20.0 Å². The summed E-state index contributed by atoms with van der Waals surface area (Å²) in [5.41, 5.74) is 2.69. The highest BCUT2D eigenvalue weighted by atomic mass is 15.3. The summed E-state index contributed by atoms with van der Waals surface area (Å²) in [4.78, 5) is 2.67. The Morgan fingerprint density at radius 3 is 2.60 bits per heavy atom. The fraction of sp³-hybridized carbons (Fsp3) is 0.812. The molecule has 2 unspecified atom stereocenters. The first-order valence-corrected chi connectivity index (χ1v) is 8.21. The molecule has 1 N–H and O–H groups in total. The SMILES string of the molecule is CCc1nn(C)cc1CN(CC)C1CC2CCC(C1)N2. The lowest BCUT2D eigenvalue weighted by molar-refractivity contribution is 0.140. The molecule has 0 spiro atoms. The molecule has 0 aliphatic carbocycles. The van der Waals surface area contributed by atoms with E-state index in [9.17, 15) is 0 Å². The molecule has 0 amide bonds. The molecular weight excluding hydrogens is 248 g/mol. The average Bonchev–Trinajstić information content (AvgIpc) is 2.98. The van der Waals surface area contributed by atoms with Crippen molar-refractivity contribution in [2.75, 3.05) is 6.54 Å². The second kappa shape index (κ2) is 5.86. The Balaban J connectivity index is 1.70. The molecule has 2 fully saturated rings. The van der Waals surface area contributed by atoms with Crippen LogP contribution in [0.15, 0.2) is 6.20 Å². The van der Waals surface area contributed by atoms with E-state index in [0.717, 1.165) is 37.6 Å². The summed E-state index contributed by atoms with van der Waals surface area (Å²) in [6.07, 6.45) is 8.65. The first-order valence-electron chi connectivity index (χ1n) is 8.21. The highest BCUT2D eigenvalue weighted by molar-refractivity contribution is 5.17. The van der Waals surface area contributed by atoms with Gasteiger partial charge in [0, 0.05) is 43.5 Å². The molecule has 0 aromatic carbocycles. The number of aromatic nitrogens is 2. The van der Waals surface area contributed by atoms with Gasteiger partial charge in [0.2, 0.25) is 0 Å². The van der Waals surface area contributed by atoms with Crippen LogP contribution in [0.25, 0.3) is 0 Å². The molecule has 112 valence electrons. The zero-order chi connectivity index (χ0) is 14.1. The summed E-state index contributed by atoms with van der Waals surface area (Å²) >= 11 is 0. The van der Waals surface area contributed by atoms with Gasteiger partial charge >= 0.3 is 0 Å². The van der Waals surface area contributed by atoms with E-state index < -0.39 is 0 Å². The second-order valence-corrected chi connectivity index (χ2v) is 6.45. The van der Waals surface area contributed by atoms with Crippen molar-refractivity contribution >= 4 is 0 Å². The van der Waals surface area contributed by atoms with Crippen molar-refractivity contribution in [1.82, 2.24) is 20.0 Å². The van der Waals surface area contributed by atoms with Gasteiger partial charge in [-0.15, -0.1) is 0 Å². The van der Waals surface area contributed by atoms with E-state index in [1.807, 2.05) is 11.7 Å². The Hall–Kier alpha value is -0.870. The van der Waals surface area contributed by atoms with Crippen LogP contribution in [0.3, 0.4) is 0 Å². The van der Waals surface area contributed by atoms with Gasteiger partial charge in [-0.25, -0.2) is 0 Å². The van der Waals surface area contributed by atoms with Crippen LogP contribution in [0, 0.1) is 0 Å². The molecule has 3 rings (SSSR count). The number of rotatable bonds is 5. The van der Waals surface area contributed by atoms with Gasteiger partial charge < -0.3 is 5.32 Å². The largest absolute Gasteiger partial charge is 0.311 e. The number of nitrogens with zero attached hydrogens (tertiary/aromatic N) is 3. The van der Waals surface area contributed by atoms with E-state index >= 15 is 0 Å². The van der Waals surface area contributed by atoms with Crippen molar-refractivity contribution in [3.63, 3.8) is 0 Å². The second-order valence-electron chi connectivity index (χ2n) is 6.45. The van der Waals surface area contributed by atoms with Crippen molar-refractivity contribution in [1.29, 1.82) is 0 Å². The van der Waals surface area contributed by atoms with Gasteiger partial charge in [0.05, 0.1) is 5.69 Å². The van der Waals surface area contributed by atoms with Crippen LogP contribution < -0.4 is 5.32 Å². The van der Waals surface area contributed by atoms with Crippen LogP contribution in [0.1, 0.15) is 50.8 Å². The Kier molecular flexibility index (Phi) is 4.13. The first-order chi connectivity index (χ1) is 9.69. The van der Waals surface area contributed by atoms with E-state index in [1.54, 1.807) is 0 Å². The number of nitrogens with one attached hydrogen (secondary N) is 1. The summed E-state index contributed by atoms with van der Waals surface area (Å²) in [6, 6.07) is 2.29. The molecule has 2 saturated heterocycles. The summed E-state index contributed by atoms with van der Waals surface area (Å²) in [5.74, 6) is 0. The molecule has 2 aliphatic rings. The van der Waals surface area contributed by atoms with Crippen molar-refractivity contribution < 1.29 is 0 Å². The Morgan fingerprint density at radius 1 is 1.30 bits per heavy atom. The van der Waals surface area contributed by atoms with Gasteiger partial charge in [-0.1, -0.05) is 13.8 Å². The summed E-state index contributed by atoms with van der Waals surface area (Å²) in [6.45, 7) is 6.71. The maximum Gasteiger partial charge on any atom is 0.0666 e. The summed E-state index contributed by atoms with van der Waals surface area (Å²) in [5, 5.41) is 8.33. The van der Waals surface area contributed by atoms with E-state index in [-0.39, 0.29) is 0 Å². The molecule has 4 nitrogen and oxygen atoms in total. The minimum atomic E-state index is 0.753. The highest BCUT2D eigenvalue weighted by Crippen LogP contribution is 2.30. The average molecular weight is 276 g/mol. The van der Waals surface area contributed by atoms with Crippen LogP contribution in [0.5, 0.6) is 0 Å². The normalized spacial score (nSPS) is 29.3. The van der Waals surface area contributed by atoms with Crippen LogP contribution in [0.2, 0.25) is 0 Å². The number of piperidine rings is 1. The standard InChI is InChI=1S/C16H28N4/c1-4-16-12(10-19(3)18-16)11-20(5-2)15-8-13-6-7-14(9-15)17-13/h10,13-15,17H,4-9,11H2,1-3H3. The maximum absolute atomic E-state index is 4.58. The predicted octanol–water partition coefficient (Wildman–Crippen LogP) is 2.09. The number of fused-ring (bicyclic) bond motifs is 2. The van der Waals surface area contributed by atoms with Gasteiger partial charge in [0.15, 0.2) is 0 Å². The minimum Gasteiger partial charge on any atom is -0.311 e. The third-order valence-corrected chi connectivity index (χ3v) is 5.07. The van der Waals surface area contributed by atoms with Crippen molar-refractivity contribution in [3.05, 3.63) is 17.5 Å². The molecule has 4 heteroatoms. The lowest BCUT2D eigenvalue weighted by Crippen LogP contribution is -2.47. The number of hydrogen-bond donors (Lipinski definition) is 1. The van der Waals surface area contributed by atoms with Gasteiger partial charge in [0.1, 0.15) is 0 Å². The predicted molar refractivity (Wildman–Crippen MR) is 81.6 cm³/mol. The third-order valence-electron chi connectivity index (χ3n) is 5.07. The third kappa shape index (κ3) is 2.77. The summed E-state index contributed by atoms with van der Waals surface area (Å²) in [7, 11) is 2.03. The van der Waals surface area contributed by atoms with Crippen LogP contribution in [0.4, 0.5) is 0 Å². The molecule has 0 saturated carbocycles. The molecule has 1 aromatic heterocycles.